The minimum atomic E-state index is 0.171. The molecule has 1 aromatic heterocycles. The molecule has 0 amide bonds. The number of aromatic nitrogens is 1. The first-order chi connectivity index (χ1) is 8.11. The molecule has 0 bridgehead atoms. The molecule has 1 aromatic rings. The van der Waals surface area contributed by atoms with Gasteiger partial charge in [0.1, 0.15) is 0 Å². The molecule has 0 aliphatic heterocycles. The molecule has 1 heterocycles. The van der Waals surface area contributed by atoms with Gasteiger partial charge in [0.25, 0.3) is 5.56 Å². The average Bonchev–Trinajstić information content (AvgIpc) is 2.31. The van der Waals surface area contributed by atoms with Crippen molar-refractivity contribution in [2.75, 3.05) is 0 Å². The van der Waals surface area contributed by atoms with Crippen molar-refractivity contribution in [1.29, 1.82) is 0 Å². The second-order valence-electron chi connectivity index (χ2n) is 4.74. The van der Waals surface area contributed by atoms with E-state index < -0.39 is 0 Å². The third-order valence-electron chi connectivity index (χ3n) is 3.01. The van der Waals surface area contributed by atoms with E-state index in [4.69, 9.17) is 0 Å². The summed E-state index contributed by atoms with van der Waals surface area (Å²) in [6.45, 7) is 7.31. The summed E-state index contributed by atoms with van der Waals surface area (Å²) < 4.78 is 1.96. The molecule has 0 aliphatic carbocycles. The van der Waals surface area contributed by atoms with Crippen LogP contribution < -0.4 is 5.56 Å². The van der Waals surface area contributed by atoms with Crippen molar-refractivity contribution < 1.29 is 0 Å². The van der Waals surface area contributed by atoms with Gasteiger partial charge in [0, 0.05) is 23.1 Å². The third-order valence-corrected chi connectivity index (χ3v) is 3.61. The van der Waals surface area contributed by atoms with Crippen molar-refractivity contribution in [3.05, 3.63) is 33.7 Å². The Morgan fingerprint density at radius 1 is 1.29 bits per heavy atom. The summed E-state index contributed by atoms with van der Waals surface area (Å²) in [5.41, 5.74) is 2.17. The van der Waals surface area contributed by atoms with E-state index in [2.05, 4.69) is 42.8 Å². The molecule has 2 nitrogen and oxygen atoms in total. The fraction of sp³-hybridized carbons (Fsp3) is 0.643. The maximum atomic E-state index is 12.3. The van der Waals surface area contributed by atoms with Crippen molar-refractivity contribution >= 4 is 15.9 Å². The van der Waals surface area contributed by atoms with E-state index in [1.165, 1.54) is 12.8 Å². The van der Waals surface area contributed by atoms with Crippen LogP contribution in [0.4, 0.5) is 0 Å². The quantitative estimate of drug-likeness (QED) is 0.573. The molecule has 0 spiro atoms. The van der Waals surface area contributed by atoms with Gasteiger partial charge < -0.3 is 4.57 Å². The monoisotopic (exact) mass is 299 g/mol. The predicted molar refractivity (Wildman–Crippen MR) is 76.9 cm³/mol. The summed E-state index contributed by atoms with van der Waals surface area (Å²) in [5, 5.41) is 0.637. The van der Waals surface area contributed by atoms with Gasteiger partial charge in [-0.25, -0.2) is 0 Å². The van der Waals surface area contributed by atoms with Crippen LogP contribution in [0.15, 0.2) is 16.9 Å². The first kappa shape index (κ1) is 14.5. The summed E-state index contributed by atoms with van der Waals surface area (Å²) in [5.74, 6) is 0.397. The molecule has 0 radical (unpaired) electrons. The lowest BCUT2D eigenvalue weighted by Crippen LogP contribution is -2.26. The van der Waals surface area contributed by atoms with Crippen molar-refractivity contribution in [3.8, 4) is 0 Å². The number of pyridine rings is 1. The molecule has 0 N–H and O–H groups in total. The van der Waals surface area contributed by atoms with Crippen LogP contribution in [-0.4, -0.2) is 4.57 Å². The van der Waals surface area contributed by atoms with Crippen molar-refractivity contribution in [2.24, 2.45) is 0 Å². The molecule has 17 heavy (non-hydrogen) atoms. The Morgan fingerprint density at radius 2 is 2.00 bits per heavy atom. The van der Waals surface area contributed by atoms with Crippen LogP contribution in [0.5, 0.6) is 0 Å². The van der Waals surface area contributed by atoms with Crippen molar-refractivity contribution in [2.45, 2.75) is 57.8 Å². The van der Waals surface area contributed by atoms with Gasteiger partial charge in [-0.1, -0.05) is 55.6 Å². The molecule has 3 heteroatoms. The van der Waals surface area contributed by atoms with Crippen LogP contribution in [0, 0.1) is 0 Å². The van der Waals surface area contributed by atoms with E-state index in [9.17, 15) is 4.79 Å². The van der Waals surface area contributed by atoms with Crippen LogP contribution in [-0.2, 0) is 11.9 Å². The lowest BCUT2D eigenvalue weighted by atomic mass is 10.1. The summed E-state index contributed by atoms with van der Waals surface area (Å²) in [6.07, 6.45) is 3.45. The number of unbranched alkanes of at least 4 members (excludes halogenated alkanes) is 2. The molecular weight excluding hydrogens is 278 g/mol. The molecule has 0 atom stereocenters. The van der Waals surface area contributed by atoms with Crippen LogP contribution in [0.1, 0.15) is 57.2 Å². The minimum Gasteiger partial charge on any atom is -0.312 e. The second-order valence-corrected chi connectivity index (χ2v) is 5.30. The lowest BCUT2D eigenvalue weighted by molar-refractivity contribution is 0.551. The Labute approximate surface area is 112 Å². The molecule has 0 saturated heterocycles. The molecule has 96 valence electrons. The van der Waals surface area contributed by atoms with Gasteiger partial charge in [-0.15, -0.1) is 0 Å². The first-order valence-electron chi connectivity index (χ1n) is 6.40. The molecule has 0 fully saturated rings. The highest BCUT2D eigenvalue weighted by Crippen LogP contribution is 2.15. The Bertz CT molecular complexity index is 409. The lowest BCUT2D eigenvalue weighted by Gasteiger charge is -2.16. The molecule has 0 saturated carbocycles. The van der Waals surface area contributed by atoms with Crippen molar-refractivity contribution in [1.82, 2.24) is 4.57 Å². The zero-order valence-corrected chi connectivity index (χ0v) is 12.6. The Balaban J connectivity index is 3.07. The van der Waals surface area contributed by atoms with Gasteiger partial charge in [-0.05, 0) is 18.4 Å². The Hall–Kier alpha value is -0.570. The van der Waals surface area contributed by atoms with Crippen LogP contribution >= 0.6 is 15.9 Å². The normalized spacial score (nSPS) is 11.1. The van der Waals surface area contributed by atoms with Gasteiger partial charge in [0.05, 0.1) is 0 Å². The highest BCUT2D eigenvalue weighted by atomic mass is 79.9. The summed E-state index contributed by atoms with van der Waals surface area (Å²) in [6, 6.07) is 4.04. The van der Waals surface area contributed by atoms with Gasteiger partial charge >= 0.3 is 0 Å². The first-order valence-corrected chi connectivity index (χ1v) is 7.52. The standard InChI is InChI=1S/C14H22BrNO/c1-4-5-6-9-16-13(11(2)3)8-7-12(10-15)14(16)17/h7-8,11H,4-6,9-10H2,1-3H3. The predicted octanol–water partition coefficient (Wildman–Crippen LogP) is 4.06. The Morgan fingerprint density at radius 3 is 2.53 bits per heavy atom. The number of alkyl halides is 1. The van der Waals surface area contributed by atoms with Crippen LogP contribution in [0.25, 0.3) is 0 Å². The van der Waals surface area contributed by atoms with E-state index in [0.29, 0.717) is 11.2 Å². The van der Waals surface area contributed by atoms with Gasteiger partial charge in [-0.3, -0.25) is 4.79 Å². The number of hydrogen-bond donors (Lipinski definition) is 0. The molecule has 0 aromatic carbocycles. The van der Waals surface area contributed by atoms with E-state index in [1.807, 2.05) is 10.6 Å². The van der Waals surface area contributed by atoms with E-state index in [-0.39, 0.29) is 5.56 Å². The highest BCUT2D eigenvalue weighted by Gasteiger charge is 2.10. The topological polar surface area (TPSA) is 22.0 Å². The van der Waals surface area contributed by atoms with E-state index in [0.717, 1.165) is 24.2 Å². The summed E-state index contributed by atoms with van der Waals surface area (Å²) in [4.78, 5) is 12.3. The molecule has 0 aliphatic rings. The summed E-state index contributed by atoms with van der Waals surface area (Å²) in [7, 11) is 0. The average molecular weight is 300 g/mol. The largest absolute Gasteiger partial charge is 0.312 e. The zero-order chi connectivity index (χ0) is 12.8. The van der Waals surface area contributed by atoms with Gasteiger partial charge in [0.15, 0.2) is 0 Å². The van der Waals surface area contributed by atoms with Gasteiger partial charge in [0.2, 0.25) is 0 Å². The minimum absolute atomic E-state index is 0.171. The fourth-order valence-electron chi connectivity index (χ4n) is 1.99. The number of hydrogen-bond acceptors (Lipinski definition) is 1. The van der Waals surface area contributed by atoms with Gasteiger partial charge in [-0.2, -0.15) is 0 Å². The smallest absolute Gasteiger partial charge is 0.254 e. The second kappa shape index (κ2) is 7.00. The maximum absolute atomic E-state index is 12.3. The number of rotatable bonds is 6. The third kappa shape index (κ3) is 3.70. The van der Waals surface area contributed by atoms with E-state index in [1.54, 1.807) is 0 Å². The molecular formula is C14H22BrNO. The molecule has 1 rings (SSSR count). The Kier molecular flexibility index (Phi) is 5.96. The SMILES string of the molecule is CCCCCn1c(C(C)C)ccc(CBr)c1=O. The fourth-order valence-corrected chi connectivity index (χ4v) is 2.42. The van der Waals surface area contributed by atoms with Crippen LogP contribution in [0.3, 0.4) is 0 Å². The number of nitrogens with zero attached hydrogens (tertiary/aromatic N) is 1. The summed E-state index contributed by atoms with van der Waals surface area (Å²) >= 11 is 3.37. The van der Waals surface area contributed by atoms with E-state index >= 15 is 0 Å². The zero-order valence-electron chi connectivity index (χ0n) is 11.0. The maximum Gasteiger partial charge on any atom is 0.254 e. The number of halogens is 1. The van der Waals surface area contributed by atoms with Crippen molar-refractivity contribution in [3.63, 3.8) is 0 Å². The highest BCUT2D eigenvalue weighted by molar-refractivity contribution is 9.08. The van der Waals surface area contributed by atoms with Crippen LogP contribution in [0.2, 0.25) is 0 Å². The molecule has 0 unspecified atom stereocenters.